The van der Waals surface area contributed by atoms with Gasteiger partial charge in [-0.1, -0.05) is 38.1 Å². The fourth-order valence-electron chi connectivity index (χ4n) is 3.24. The van der Waals surface area contributed by atoms with Crippen molar-refractivity contribution >= 4 is 11.9 Å². The van der Waals surface area contributed by atoms with Crippen molar-refractivity contribution in [1.29, 1.82) is 0 Å². The van der Waals surface area contributed by atoms with Gasteiger partial charge in [0.1, 0.15) is 5.41 Å². The largest absolute Gasteiger partial charge is 0.392 e. The van der Waals surface area contributed by atoms with Crippen molar-refractivity contribution in [2.45, 2.75) is 43.9 Å². The van der Waals surface area contributed by atoms with Crippen LogP contribution in [0.1, 0.15) is 44.2 Å². The average Bonchev–Trinajstić information content (AvgIpc) is 2.61. The van der Waals surface area contributed by atoms with E-state index >= 15 is 0 Å². The van der Waals surface area contributed by atoms with Crippen LogP contribution in [-0.2, 0) is 25.2 Å². The highest BCUT2D eigenvalue weighted by Crippen LogP contribution is 2.50. The van der Waals surface area contributed by atoms with Crippen LogP contribution in [0, 0.1) is 0 Å². The maximum Gasteiger partial charge on any atom is 0.324 e. The number of hydrogen-bond acceptors (Lipinski definition) is 3. The summed E-state index contributed by atoms with van der Waals surface area (Å²) >= 11 is 0. The third-order valence-corrected chi connectivity index (χ3v) is 4.39. The number of fused-ring (bicyclic) bond motifs is 2. The van der Waals surface area contributed by atoms with Crippen LogP contribution in [0.3, 0.4) is 0 Å². The monoisotopic (exact) mass is 244 g/mol. The maximum absolute atomic E-state index is 12.1. The number of ether oxygens (including phenoxy) is 1. The average molecular weight is 244 g/mol. The Labute approximate surface area is 106 Å². The lowest BCUT2D eigenvalue weighted by molar-refractivity contribution is -0.153. The quantitative estimate of drug-likeness (QED) is 0.520. The zero-order chi connectivity index (χ0) is 13.0. The second-order valence-electron chi connectivity index (χ2n) is 5.95. The van der Waals surface area contributed by atoms with Crippen LogP contribution in [0.2, 0.25) is 0 Å². The van der Waals surface area contributed by atoms with Crippen LogP contribution in [0.15, 0.2) is 24.3 Å². The van der Waals surface area contributed by atoms with Gasteiger partial charge in [-0.2, -0.15) is 0 Å². The topological polar surface area (TPSA) is 43.4 Å². The van der Waals surface area contributed by atoms with Gasteiger partial charge in [0, 0.05) is 0 Å². The van der Waals surface area contributed by atoms with E-state index in [0.29, 0.717) is 6.42 Å². The number of cyclic esters (lactones) is 2. The highest BCUT2D eigenvalue weighted by molar-refractivity contribution is 6.01. The van der Waals surface area contributed by atoms with Crippen molar-refractivity contribution in [3.63, 3.8) is 0 Å². The summed E-state index contributed by atoms with van der Waals surface area (Å²) in [5.41, 5.74) is 1.48. The summed E-state index contributed by atoms with van der Waals surface area (Å²) in [6.45, 7) is 4.36. The second-order valence-corrected chi connectivity index (χ2v) is 5.95. The number of carbonyl (C=O) groups excluding carboxylic acids is 2. The Bertz CT molecular complexity index is 544. The van der Waals surface area contributed by atoms with E-state index < -0.39 is 11.4 Å². The van der Waals surface area contributed by atoms with Crippen LogP contribution in [0.25, 0.3) is 0 Å². The minimum Gasteiger partial charge on any atom is -0.392 e. The molecule has 1 heterocycles. The standard InChI is InChI=1S/C15H16O3/c1-14(2)7-8-15(9-12(16)18-13(15)17)11-6-4-3-5-10(11)14/h3-6H,7-9H2,1-2H3. The highest BCUT2D eigenvalue weighted by atomic mass is 16.6. The molecule has 1 atom stereocenters. The van der Waals surface area contributed by atoms with Crippen LogP contribution >= 0.6 is 0 Å². The molecule has 3 nitrogen and oxygen atoms in total. The SMILES string of the molecule is CC1(C)CCC2(CC(=O)OC2=O)c2ccccc21. The molecular formula is C15H16O3. The summed E-state index contributed by atoms with van der Waals surface area (Å²) < 4.78 is 4.80. The third kappa shape index (κ3) is 1.36. The normalized spacial score (nSPS) is 29.2. The van der Waals surface area contributed by atoms with E-state index in [2.05, 4.69) is 19.9 Å². The maximum atomic E-state index is 12.1. The molecule has 18 heavy (non-hydrogen) atoms. The Balaban J connectivity index is 2.22. The summed E-state index contributed by atoms with van der Waals surface area (Å²) in [6, 6.07) is 7.95. The fourth-order valence-corrected chi connectivity index (χ4v) is 3.24. The first-order valence-electron chi connectivity index (χ1n) is 6.31. The van der Waals surface area contributed by atoms with Crippen molar-refractivity contribution in [2.75, 3.05) is 0 Å². The van der Waals surface area contributed by atoms with Crippen molar-refractivity contribution in [1.82, 2.24) is 0 Å². The van der Waals surface area contributed by atoms with Gasteiger partial charge in [-0.05, 0) is 29.4 Å². The van der Waals surface area contributed by atoms with Gasteiger partial charge in [-0.25, -0.2) is 0 Å². The Hall–Kier alpha value is -1.64. The van der Waals surface area contributed by atoms with Gasteiger partial charge >= 0.3 is 11.9 Å². The third-order valence-electron chi connectivity index (χ3n) is 4.39. The summed E-state index contributed by atoms with van der Waals surface area (Å²) in [7, 11) is 0. The smallest absolute Gasteiger partial charge is 0.324 e. The Kier molecular flexibility index (Phi) is 2.19. The van der Waals surface area contributed by atoms with Gasteiger partial charge in [0.2, 0.25) is 0 Å². The molecule has 0 saturated carbocycles. The predicted octanol–water partition coefficient (Wildman–Crippen LogP) is 2.47. The zero-order valence-electron chi connectivity index (χ0n) is 10.7. The van der Waals surface area contributed by atoms with Gasteiger partial charge in [-0.3, -0.25) is 9.59 Å². The second kappa shape index (κ2) is 3.44. The molecule has 1 spiro atoms. The Morgan fingerprint density at radius 2 is 1.72 bits per heavy atom. The van der Waals surface area contributed by atoms with Crippen molar-refractivity contribution < 1.29 is 14.3 Å². The van der Waals surface area contributed by atoms with E-state index in [1.807, 2.05) is 18.2 Å². The number of esters is 2. The van der Waals surface area contributed by atoms with Gasteiger partial charge in [0.15, 0.2) is 0 Å². The molecular weight excluding hydrogens is 228 g/mol. The lowest BCUT2D eigenvalue weighted by Gasteiger charge is -2.40. The van der Waals surface area contributed by atoms with E-state index in [-0.39, 0.29) is 17.8 Å². The molecule has 0 N–H and O–H groups in total. The van der Waals surface area contributed by atoms with Gasteiger partial charge in [0.05, 0.1) is 6.42 Å². The molecule has 1 aromatic rings. The molecule has 94 valence electrons. The van der Waals surface area contributed by atoms with Crippen LogP contribution in [-0.4, -0.2) is 11.9 Å². The van der Waals surface area contributed by atoms with Crippen molar-refractivity contribution in [3.8, 4) is 0 Å². The first kappa shape index (κ1) is 11.5. The molecule has 3 rings (SSSR count). The van der Waals surface area contributed by atoms with Crippen molar-refractivity contribution in [2.24, 2.45) is 0 Å². The van der Waals surface area contributed by atoms with Crippen LogP contribution in [0.4, 0.5) is 0 Å². The minimum absolute atomic E-state index is 0.0494. The first-order chi connectivity index (χ1) is 8.46. The number of rotatable bonds is 0. The molecule has 1 aromatic carbocycles. The molecule has 1 saturated heterocycles. The predicted molar refractivity (Wildman–Crippen MR) is 66.1 cm³/mol. The van der Waals surface area contributed by atoms with Gasteiger partial charge in [-0.15, -0.1) is 0 Å². The molecule has 0 amide bonds. The van der Waals surface area contributed by atoms with Gasteiger partial charge < -0.3 is 4.74 Å². The molecule has 0 aromatic heterocycles. The van der Waals surface area contributed by atoms with E-state index in [4.69, 9.17) is 4.74 Å². The molecule has 0 bridgehead atoms. The molecule has 2 aliphatic rings. The van der Waals surface area contributed by atoms with E-state index in [9.17, 15) is 9.59 Å². The number of benzene rings is 1. The molecule has 1 fully saturated rings. The van der Waals surface area contributed by atoms with Crippen LogP contribution in [0.5, 0.6) is 0 Å². The van der Waals surface area contributed by atoms with Crippen LogP contribution < -0.4 is 0 Å². The molecule has 1 aliphatic heterocycles. The Morgan fingerprint density at radius 1 is 1.06 bits per heavy atom. The number of hydrogen-bond donors (Lipinski definition) is 0. The molecule has 1 aliphatic carbocycles. The summed E-state index contributed by atoms with van der Waals surface area (Å²) in [4.78, 5) is 23.5. The highest BCUT2D eigenvalue weighted by Gasteiger charge is 2.54. The van der Waals surface area contributed by atoms with Crippen molar-refractivity contribution in [3.05, 3.63) is 35.4 Å². The first-order valence-corrected chi connectivity index (χ1v) is 6.31. The van der Waals surface area contributed by atoms with Gasteiger partial charge in [0.25, 0.3) is 0 Å². The van der Waals surface area contributed by atoms with E-state index in [1.54, 1.807) is 0 Å². The summed E-state index contributed by atoms with van der Waals surface area (Å²) in [5, 5.41) is 0. The molecule has 3 heteroatoms. The molecule has 0 radical (unpaired) electrons. The number of carbonyl (C=O) groups is 2. The minimum atomic E-state index is -0.719. The zero-order valence-corrected chi connectivity index (χ0v) is 10.7. The molecule has 1 unspecified atom stereocenters. The van der Waals surface area contributed by atoms with E-state index in [0.717, 1.165) is 12.0 Å². The summed E-state index contributed by atoms with van der Waals surface area (Å²) in [5.74, 6) is -0.759. The fraction of sp³-hybridized carbons (Fsp3) is 0.467. The summed E-state index contributed by atoms with van der Waals surface area (Å²) in [6.07, 6.45) is 1.78. The Morgan fingerprint density at radius 3 is 2.33 bits per heavy atom. The van der Waals surface area contributed by atoms with E-state index in [1.165, 1.54) is 5.56 Å². The lowest BCUT2D eigenvalue weighted by atomic mass is 9.61. The lowest BCUT2D eigenvalue weighted by Crippen LogP contribution is -2.40.